The predicted molar refractivity (Wildman–Crippen MR) is 82.8 cm³/mol. The second kappa shape index (κ2) is 6.48. The fourth-order valence-corrected chi connectivity index (χ4v) is 2.32. The lowest BCUT2D eigenvalue weighted by Crippen LogP contribution is -2.33. The minimum atomic E-state index is 0.423. The van der Waals surface area contributed by atoms with E-state index in [1.165, 1.54) is 0 Å². The van der Waals surface area contributed by atoms with E-state index in [4.69, 9.17) is 17.0 Å². The van der Waals surface area contributed by atoms with Gasteiger partial charge < -0.3 is 9.64 Å². The van der Waals surface area contributed by atoms with Crippen molar-refractivity contribution in [3.8, 4) is 5.75 Å². The number of likely N-dealkylation sites (N-methyl/N-ethyl adjacent to an activating group) is 1. The highest BCUT2D eigenvalue weighted by Crippen LogP contribution is 2.22. The second-order valence-corrected chi connectivity index (χ2v) is 4.66. The van der Waals surface area contributed by atoms with Gasteiger partial charge in [0.25, 0.3) is 0 Å². The molecule has 0 unspecified atom stereocenters. The van der Waals surface area contributed by atoms with Crippen molar-refractivity contribution in [3.63, 3.8) is 0 Å². The highest BCUT2D eigenvalue weighted by molar-refractivity contribution is 7.80. The molecule has 0 fully saturated rings. The maximum absolute atomic E-state index is 5.82. The average Bonchev–Trinajstić information content (AvgIpc) is 2.46. The molecule has 1 heterocycles. The molecular weight excluding hydrogens is 256 g/mol. The maximum atomic E-state index is 5.82. The lowest BCUT2D eigenvalue weighted by atomic mass is 10.2. The van der Waals surface area contributed by atoms with Crippen molar-refractivity contribution in [1.82, 2.24) is 9.88 Å². The Morgan fingerprint density at radius 1 is 1.21 bits per heavy atom. The quantitative estimate of drug-likeness (QED) is 0.781. The van der Waals surface area contributed by atoms with Gasteiger partial charge in [-0.3, -0.25) is 4.98 Å². The van der Waals surface area contributed by atoms with Crippen molar-refractivity contribution < 1.29 is 4.74 Å². The number of rotatable bonds is 5. The van der Waals surface area contributed by atoms with Crippen LogP contribution in [0.1, 0.15) is 13.8 Å². The Hall–Kier alpha value is -1.68. The lowest BCUT2D eigenvalue weighted by Gasteiger charge is -2.21. The van der Waals surface area contributed by atoms with Crippen molar-refractivity contribution in [3.05, 3.63) is 36.5 Å². The van der Waals surface area contributed by atoms with Gasteiger partial charge in [0.1, 0.15) is 22.9 Å². The van der Waals surface area contributed by atoms with E-state index in [-0.39, 0.29) is 0 Å². The lowest BCUT2D eigenvalue weighted by molar-refractivity contribution is 0.352. The predicted octanol–water partition coefficient (Wildman–Crippen LogP) is 3.28. The van der Waals surface area contributed by atoms with Crippen LogP contribution in [-0.4, -0.2) is 34.6 Å². The first-order valence-corrected chi connectivity index (χ1v) is 6.91. The molecule has 0 aliphatic heterocycles. The van der Waals surface area contributed by atoms with Crippen molar-refractivity contribution in [2.24, 2.45) is 0 Å². The molecule has 0 atom stereocenters. The third-order valence-corrected chi connectivity index (χ3v) is 3.44. The Morgan fingerprint density at radius 2 is 1.95 bits per heavy atom. The van der Waals surface area contributed by atoms with Gasteiger partial charge in [-0.2, -0.15) is 0 Å². The molecule has 4 heteroatoms. The van der Waals surface area contributed by atoms with Crippen LogP contribution in [0.3, 0.4) is 0 Å². The molecule has 1 aromatic heterocycles. The first kappa shape index (κ1) is 13.7. The van der Waals surface area contributed by atoms with Gasteiger partial charge in [0.2, 0.25) is 0 Å². The van der Waals surface area contributed by atoms with Gasteiger partial charge in [-0.05, 0) is 26.0 Å². The molecule has 3 nitrogen and oxygen atoms in total. The van der Waals surface area contributed by atoms with E-state index in [1.807, 2.05) is 30.3 Å². The van der Waals surface area contributed by atoms with Gasteiger partial charge >= 0.3 is 0 Å². The highest BCUT2D eigenvalue weighted by Gasteiger charge is 2.08. The van der Waals surface area contributed by atoms with E-state index in [0.29, 0.717) is 6.61 Å². The number of benzene rings is 1. The molecule has 19 heavy (non-hydrogen) atoms. The van der Waals surface area contributed by atoms with E-state index in [1.54, 1.807) is 6.20 Å². The van der Waals surface area contributed by atoms with Crippen molar-refractivity contribution in [2.75, 3.05) is 19.7 Å². The fourth-order valence-electron chi connectivity index (χ4n) is 2.00. The summed E-state index contributed by atoms with van der Waals surface area (Å²) in [5.41, 5.74) is 0.882. The van der Waals surface area contributed by atoms with Gasteiger partial charge in [-0.15, -0.1) is 0 Å². The summed E-state index contributed by atoms with van der Waals surface area (Å²) in [6.07, 6.45) is 1.78. The van der Waals surface area contributed by atoms with E-state index < -0.39 is 0 Å². The van der Waals surface area contributed by atoms with Crippen LogP contribution in [-0.2, 0) is 0 Å². The second-order valence-electron chi connectivity index (χ2n) is 4.19. The number of para-hydroxylation sites is 1. The molecular formula is C15H18N2OS. The van der Waals surface area contributed by atoms with Crippen LogP contribution in [0.15, 0.2) is 36.5 Å². The maximum Gasteiger partial charge on any atom is 0.146 e. The molecule has 0 bridgehead atoms. The van der Waals surface area contributed by atoms with Crippen molar-refractivity contribution in [2.45, 2.75) is 13.8 Å². The fraction of sp³-hybridized carbons (Fsp3) is 0.333. The number of nitrogens with zero attached hydrogens (tertiary/aromatic N) is 2. The van der Waals surface area contributed by atoms with Crippen molar-refractivity contribution >= 4 is 28.1 Å². The Bertz CT molecular complexity index is 562. The SMILES string of the molecule is CCN(CC)C(=S)COc1cccc2cccnc12. The summed E-state index contributed by atoms with van der Waals surface area (Å²) >= 11 is 5.38. The first-order chi connectivity index (χ1) is 9.26. The Kier molecular flexibility index (Phi) is 4.68. The standard InChI is InChI=1S/C15H18N2OS/c1-3-17(4-2)14(19)11-18-13-9-5-7-12-8-6-10-16-15(12)13/h5-10H,3-4,11H2,1-2H3. The van der Waals surface area contributed by atoms with Crippen LogP contribution in [0.4, 0.5) is 0 Å². The molecule has 1 aromatic carbocycles. The normalized spacial score (nSPS) is 10.4. The monoisotopic (exact) mass is 274 g/mol. The number of aromatic nitrogens is 1. The Morgan fingerprint density at radius 3 is 2.68 bits per heavy atom. The summed E-state index contributed by atoms with van der Waals surface area (Å²) < 4.78 is 5.82. The average molecular weight is 274 g/mol. The third kappa shape index (κ3) is 3.20. The minimum Gasteiger partial charge on any atom is -0.484 e. The van der Waals surface area contributed by atoms with Crippen LogP contribution in [0, 0.1) is 0 Å². The smallest absolute Gasteiger partial charge is 0.146 e. The summed E-state index contributed by atoms with van der Waals surface area (Å²) in [4.78, 5) is 7.31. The molecule has 100 valence electrons. The summed E-state index contributed by atoms with van der Waals surface area (Å²) in [6, 6.07) is 9.88. The number of fused-ring (bicyclic) bond motifs is 1. The molecule has 0 amide bonds. The Labute approximate surface area is 119 Å². The topological polar surface area (TPSA) is 25.4 Å². The zero-order chi connectivity index (χ0) is 13.7. The largest absolute Gasteiger partial charge is 0.484 e. The van der Waals surface area contributed by atoms with E-state index in [0.717, 1.165) is 34.7 Å². The summed E-state index contributed by atoms with van der Waals surface area (Å²) in [6.45, 7) is 6.43. The zero-order valence-corrected chi connectivity index (χ0v) is 12.1. The van der Waals surface area contributed by atoms with E-state index in [9.17, 15) is 0 Å². The zero-order valence-electron chi connectivity index (χ0n) is 11.3. The molecule has 0 radical (unpaired) electrons. The number of ether oxygens (including phenoxy) is 1. The molecule has 0 saturated heterocycles. The van der Waals surface area contributed by atoms with Gasteiger partial charge in [-0.1, -0.05) is 30.4 Å². The van der Waals surface area contributed by atoms with E-state index >= 15 is 0 Å². The van der Waals surface area contributed by atoms with Gasteiger partial charge in [-0.25, -0.2) is 0 Å². The third-order valence-electron chi connectivity index (χ3n) is 3.06. The molecule has 0 aliphatic carbocycles. The summed E-state index contributed by atoms with van der Waals surface area (Å²) in [5, 5.41) is 1.08. The number of hydrogen-bond acceptors (Lipinski definition) is 3. The number of hydrogen-bond donors (Lipinski definition) is 0. The van der Waals surface area contributed by atoms with Crippen LogP contribution in [0.25, 0.3) is 10.9 Å². The van der Waals surface area contributed by atoms with Gasteiger partial charge in [0, 0.05) is 24.7 Å². The molecule has 0 aliphatic rings. The van der Waals surface area contributed by atoms with Crippen LogP contribution < -0.4 is 4.74 Å². The van der Waals surface area contributed by atoms with Crippen LogP contribution in [0.5, 0.6) is 5.75 Å². The van der Waals surface area contributed by atoms with Crippen molar-refractivity contribution in [1.29, 1.82) is 0 Å². The Balaban J connectivity index is 2.12. The highest BCUT2D eigenvalue weighted by atomic mass is 32.1. The number of thiocarbonyl (C=S) groups is 1. The summed E-state index contributed by atoms with van der Waals surface area (Å²) in [7, 11) is 0. The first-order valence-electron chi connectivity index (χ1n) is 6.50. The van der Waals surface area contributed by atoms with Gasteiger partial charge in [0.15, 0.2) is 0 Å². The van der Waals surface area contributed by atoms with Crippen LogP contribution >= 0.6 is 12.2 Å². The number of pyridine rings is 1. The van der Waals surface area contributed by atoms with Crippen LogP contribution in [0.2, 0.25) is 0 Å². The van der Waals surface area contributed by atoms with E-state index in [2.05, 4.69) is 23.7 Å². The summed E-state index contributed by atoms with van der Waals surface area (Å²) in [5.74, 6) is 0.785. The molecule has 0 saturated carbocycles. The molecule has 0 spiro atoms. The minimum absolute atomic E-state index is 0.423. The molecule has 2 rings (SSSR count). The molecule has 0 N–H and O–H groups in total. The van der Waals surface area contributed by atoms with Gasteiger partial charge in [0.05, 0.1) is 0 Å². The molecule has 2 aromatic rings.